The predicted molar refractivity (Wildman–Crippen MR) is 88.0 cm³/mol. The van der Waals surface area contributed by atoms with Crippen molar-refractivity contribution in [2.75, 3.05) is 13.2 Å². The summed E-state index contributed by atoms with van der Waals surface area (Å²) in [5, 5.41) is 18.3. The van der Waals surface area contributed by atoms with Crippen LogP contribution in [-0.2, 0) is 13.1 Å². The fourth-order valence-electron chi connectivity index (χ4n) is 2.52. The van der Waals surface area contributed by atoms with E-state index in [1.807, 2.05) is 49.4 Å². The van der Waals surface area contributed by atoms with Crippen LogP contribution >= 0.6 is 0 Å². The van der Waals surface area contributed by atoms with Crippen LogP contribution in [0.25, 0.3) is 0 Å². The van der Waals surface area contributed by atoms with Gasteiger partial charge in [-0.25, -0.2) is 0 Å². The Morgan fingerprint density at radius 3 is 2.41 bits per heavy atom. The van der Waals surface area contributed by atoms with Crippen LogP contribution in [0.4, 0.5) is 0 Å². The topological polar surface area (TPSA) is 47.3 Å². The molecule has 0 aliphatic carbocycles. The van der Waals surface area contributed by atoms with Crippen molar-refractivity contribution in [3.8, 4) is 6.07 Å². The molecule has 0 spiro atoms. The normalized spacial score (nSPS) is 12.1. The van der Waals surface area contributed by atoms with Gasteiger partial charge in [-0.2, -0.15) is 5.26 Å². The molecule has 0 aliphatic rings. The lowest BCUT2D eigenvalue weighted by atomic mass is 10.1. The molecule has 2 rings (SSSR count). The first-order chi connectivity index (χ1) is 10.7. The maximum Gasteiger partial charge on any atom is 0.0991 e. The Morgan fingerprint density at radius 2 is 1.73 bits per heavy atom. The van der Waals surface area contributed by atoms with Crippen LogP contribution in [0.5, 0.6) is 0 Å². The summed E-state index contributed by atoms with van der Waals surface area (Å²) >= 11 is 0. The third-order valence-corrected chi connectivity index (χ3v) is 3.59. The Labute approximate surface area is 132 Å². The zero-order chi connectivity index (χ0) is 15.8. The van der Waals surface area contributed by atoms with Crippen molar-refractivity contribution in [3.05, 3.63) is 71.3 Å². The first kappa shape index (κ1) is 16.2. The highest BCUT2D eigenvalue weighted by Crippen LogP contribution is 2.13. The lowest BCUT2D eigenvalue weighted by Crippen LogP contribution is -2.29. The Morgan fingerprint density at radius 1 is 1.05 bits per heavy atom. The van der Waals surface area contributed by atoms with Crippen molar-refractivity contribution in [1.29, 1.82) is 5.26 Å². The van der Waals surface area contributed by atoms with E-state index in [1.165, 1.54) is 5.56 Å². The molecule has 0 fully saturated rings. The van der Waals surface area contributed by atoms with Gasteiger partial charge < -0.3 is 5.11 Å². The van der Waals surface area contributed by atoms with Crippen LogP contribution in [0, 0.1) is 17.2 Å². The molecule has 0 saturated heterocycles. The highest BCUT2D eigenvalue weighted by atomic mass is 16.3. The molecule has 0 aromatic heterocycles. The van der Waals surface area contributed by atoms with E-state index in [0.29, 0.717) is 5.56 Å². The molecule has 0 aliphatic heterocycles. The smallest absolute Gasteiger partial charge is 0.0991 e. The number of rotatable bonds is 7. The number of nitriles is 1. The van der Waals surface area contributed by atoms with Gasteiger partial charge in [0.2, 0.25) is 0 Å². The van der Waals surface area contributed by atoms with E-state index in [-0.39, 0.29) is 12.5 Å². The molecule has 0 saturated carbocycles. The molecule has 114 valence electrons. The second-order valence-corrected chi connectivity index (χ2v) is 5.76. The molecule has 0 heterocycles. The van der Waals surface area contributed by atoms with Gasteiger partial charge in [0.05, 0.1) is 11.6 Å². The van der Waals surface area contributed by atoms with E-state index >= 15 is 0 Å². The molecule has 1 atom stereocenters. The molecule has 2 aromatic rings. The monoisotopic (exact) mass is 294 g/mol. The predicted octanol–water partition coefficient (Wildman–Crippen LogP) is 3.19. The Bertz CT molecular complexity index is 619. The summed E-state index contributed by atoms with van der Waals surface area (Å²) < 4.78 is 0. The molecule has 0 radical (unpaired) electrons. The van der Waals surface area contributed by atoms with Gasteiger partial charge in [0, 0.05) is 26.2 Å². The minimum atomic E-state index is 0.184. The zero-order valence-electron chi connectivity index (χ0n) is 12.9. The summed E-state index contributed by atoms with van der Waals surface area (Å²) in [5.74, 6) is 0.225. The highest BCUT2D eigenvalue weighted by molar-refractivity contribution is 5.32. The lowest BCUT2D eigenvalue weighted by molar-refractivity contribution is 0.163. The van der Waals surface area contributed by atoms with Gasteiger partial charge in [-0.15, -0.1) is 0 Å². The van der Waals surface area contributed by atoms with Crippen molar-refractivity contribution in [2.24, 2.45) is 5.92 Å². The molecule has 0 bridgehead atoms. The molecule has 3 nitrogen and oxygen atoms in total. The summed E-state index contributed by atoms with van der Waals surface area (Å²) in [6.45, 7) is 4.66. The quantitative estimate of drug-likeness (QED) is 0.853. The van der Waals surface area contributed by atoms with Crippen LogP contribution in [-0.4, -0.2) is 23.2 Å². The van der Waals surface area contributed by atoms with Gasteiger partial charge in [0.25, 0.3) is 0 Å². The third kappa shape index (κ3) is 5.00. The minimum absolute atomic E-state index is 0.184. The maximum atomic E-state index is 9.33. The SMILES string of the molecule is CC(CO)CN(Cc1ccccc1)Cc1cccc(C#N)c1. The number of aliphatic hydroxyl groups excluding tert-OH is 1. The van der Waals surface area contributed by atoms with Crippen LogP contribution < -0.4 is 0 Å². The number of hydrogen-bond donors (Lipinski definition) is 1. The summed E-state index contributed by atoms with van der Waals surface area (Å²) in [6.07, 6.45) is 0. The first-order valence-corrected chi connectivity index (χ1v) is 7.57. The van der Waals surface area contributed by atoms with Crippen LogP contribution in [0.1, 0.15) is 23.6 Å². The van der Waals surface area contributed by atoms with E-state index in [0.717, 1.165) is 25.2 Å². The van der Waals surface area contributed by atoms with E-state index < -0.39 is 0 Å². The second kappa shape index (κ2) is 8.33. The summed E-state index contributed by atoms with van der Waals surface area (Å²) in [5.41, 5.74) is 3.07. The number of nitrogens with zero attached hydrogens (tertiary/aromatic N) is 2. The summed E-state index contributed by atoms with van der Waals surface area (Å²) in [6, 6.07) is 20.2. The largest absolute Gasteiger partial charge is 0.396 e. The fourth-order valence-corrected chi connectivity index (χ4v) is 2.52. The van der Waals surface area contributed by atoms with Crippen molar-refractivity contribution < 1.29 is 5.11 Å². The zero-order valence-corrected chi connectivity index (χ0v) is 12.9. The van der Waals surface area contributed by atoms with E-state index in [4.69, 9.17) is 5.26 Å². The van der Waals surface area contributed by atoms with Gasteiger partial charge in [0.15, 0.2) is 0 Å². The molecular formula is C19H22N2O. The number of aliphatic hydroxyl groups is 1. The molecule has 2 aromatic carbocycles. The van der Waals surface area contributed by atoms with Crippen molar-refractivity contribution in [1.82, 2.24) is 4.90 Å². The average Bonchev–Trinajstić information content (AvgIpc) is 2.55. The molecule has 1 unspecified atom stereocenters. The molecular weight excluding hydrogens is 272 g/mol. The second-order valence-electron chi connectivity index (χ2n) is 5.76. The van der Waals surface area contributed by atoms with Gasteiger partial charge in [0.1, 0.15) is 0 Å². The third-order valence-electron chi connectivity index (χ3n) is 3.59. The maximum absolute atomic E-state index is 9.33. The standard InChI is InChI=1S/C19H22N2O/c1-16(15-22)12-21(13-17-6-3-2-4-7-17)14-19-9-5-8-18(10-19)11-20/h2-10,16,22H,12-15H2,1H3. The van der Waals surface area contributed by atoms with Crippen molar-refractivity contribution in [2.45, 2.75) is 20.0 Å². The minimum Gasteiger partial charge on any atom is -0.396 e. The van der Waals surface area contributed by atoms with Crippen molar-refractivity contribution >= 4 is 0 Å². The summed E-state index contributed by atoms with van der Waals surface area (Å²) in [4.78, 5) is 2.31. The van der Waals surface area contributed by atoms with Crippen LogP contribution in [0.15, 0.2) is 54.6 Å². The van der Waals surface area contributed by atoms with Crippen molar-refractivity contribution in [3.63, 3.8) is 0 Å². The Balaban J connectivity index is 2.11. The Kier molecular flexibility index (Phi) is 6.14. The van der Waals surface area contributed by atoms with Gasteiger partial charge >= 0.3 is 0 Å². The first-order valence-electron chi connectivity index (χ1n) is 7.57. The van der Waals surface area contributed by atoms with E-state index in [9.17, 15) is 5.11 Å². The summed E-state index contributed by atoms with van der Waals surface area (Å²) in [7, 11) is 0. The molecule has 22 heavy (non-hydrogen) atoms. The molecule has 1 N–H and O–H groups in total. The lowest BCUT2D eigenvalue weighted by Gasteiger charge is -2.25. The molecule has 3 heteroatoms. The fraction of sp³-hybridized carbons (Fsp3) is 0.316. The van der Waals surface area contributed by atoms with Gasteiger partial charge in [-0.05, 0) is 29.2 Å². The van der Waals surface area contributed by atoms with E-state index in [1.54, 1.807) is 0 Å². The van der Waals surface area contributed by atoms with Crippen LogP contribution in [0.2, 0.25) is 0 Å². The van der Waals surface area contributed by atoms with Gasteiger partial charge in [-0.1, -0.05) is 49.4 Å². The number of benzene rings is 2. The van der Waals surface area contributed by atoms with Crippen LogP contribution in [0.3, 0.4) is 0 Å². The highest BCUT2D eigenvalue weighted by Gasteiger charge is 2.11. The number of hydrogen-bond acceptors (Lipinski definition) is 3. The molecule has 0 amide bonds. The van der Waals surface area contributed by atoms with E-state index in [2.05, 4.69) is 23.1 Å². The Hall–Kier alpha value is -2.15. The van der Waals surface area contributed by atoms with Gasteiger partial charge in [-0.3, -0.25) is 4.90 Å². The average molecular weight is 294 g/mol.